The second kappa shape index (κ2) is 4.54. The molecule has 0 bridgehead atoms. The van der Waals surface area contributed by atoms with E-state index in [1.807, 2.05) is 6.07 Å². The lowest BCUT2D eigenvalue weighted by Gasteiger charge is -2.33. The lowest BCUT2D eigenvalue weighted by Crippen LogP contribution is -2.27. The molecule has 0 amide bonds. The maximum absolute atomic E-state index is 13.3. The van der Waals surface area contributed by atoms with E-state index in [1.54, 1.807) is 6.07 Å². The van der Waals surface area contributed by atoms with Gasteiger partial charge in [0.15, 0.2) is 0 Å². The van der Waals surface area contributed by atoms with Gasteiger partial charge in [-0.15, -0.1) is 0 Å². The number of hydrogen-bond donors (Lipinski definition) is 1. The molecule has 88 valence electrons. The van der Waals surface area contributed by atoms with Gasteiger partial charge >= 0.3 is 0 Å². The fourth-order valence-electron chi connectivity index (χ4n) is 2.99. The third kappa shape index (κ3) is 1.86. The highest BCUT2D eigenvalue weighted by Gasteiger charge is 2.40. The Kier molecular flexibility index (Phi) is 3.29. The van der Waals surface area contributed by atoms with Crippen molar-refractivity contribution in [3.8, 4) is 0 Å². The second-order valence-corrected chi connectivity index (χ2v) is 4.81. The molecular formula is C14H20FN. The summed E-state index contributed by atoms with van der Waals surface area (Å²) in [6.07, 6.45) is 2.30. The number of rotatable bonds is 3. The maximum Gasteiger partial charge on any atom is 0.123 e. The molecule has 1 heterocycles. The van der Waals surface area contributed by atoms with Crippen molar-refractivity contribution >= 4 is 0 Å². The van der Waals surface area contributed by atoms with E-state index in [2.05, 4.69) is 25.2 Å². The minimum atomic E-state index is -0.120. The van der Waals surface area contributed by atoms with E-state index in [9.17, 15) is 4.39 Å². The molecule has 1 fully saturated rings. The summed E-state index contributed by atoms with van der Waals surface area (Å²) in [6.45, 7) is 6.51. The van der Waals surface area contributed by atoms with E-state index < -0.39 is 0 Å². The molecule has 0 saturated carbocycles. The van der Waals surface area contributed by atoms with Gasteiger partial charge in [0.1, 0.15) is 5.82 Å². The molecule has 1 atom stereocenters. The van der Waals surface area contributed by atoms with Crippen LogP contribution in [0.2, 0.25) is 0 Å². The summed E-state index contributed by atoms with van der Waals surface area (Å²) in [5.41, 5.74) is 1.46. The van der Waals surface area contributed by atoms with Crippen LogP contribution < -0.4 is 5.32 Å². The molecule has 1 aliphatic rings. The van der Waals surface area contributed by atoms with Crippen LogP contribution in [0.4, 0.5) is 4.39 Å². The number of nitrogens with one attached hydrogen (secondary N) is 1. The minimum absolute atomic E-state index is 0.120. The number of benzene rings is 1. The predicted octanol–water partition coefficient (Wildman–Crippen LogP) is 3.32. The van der Waals surface area contributed by atoms with Crippen LogP contribution in [0.15, 0.2) is 24.3 Å². The molecule has 1 N–H and O–H groups in total. The van der Waals surface area contributed by atoms with E-state index >= 15 is 0 Å². The third-order valence-corrected chi connectivity index (χ3v) is 4.22. The molecule has 1 nitrogen and oxygen atoms in total. The Morgan fingerprint density at radius 3 is 2.75 bits per heavy atom. The summed E-state index contributed by atoms with van der Waals surface area (Å²) < 4.78 is 13.3. The van der Waals surface area contributed by atoms with Crippen molar-refractivity contribution in [3.63, 3.8) is 0 Å². The second-order valence-electron chi connectivity index (χ2n) is 4.81. The van der Waals surface area contributed by atoms with E-state index in [0.29, 0.717) is 11.3 Å². The van der Waals surface area contributed by atoms with Crippen LogP contribution in [0.3, 0.4) is 0 Å². The summed E-state index contributed by atoms with van der Waals surface area (Å²) in [5.74, 6) is 0.337. The molecule has 0 radical (unpaired) electrons. The van der Waals surface area contributed by atoms with E-state index in [-0.39, 0.29) is 5.82 Å². The van der Waals surface area contributed by atoms with Crippen LogP contribution in [0, 0.1) is 11.2 Å². The Hall–Kier alpha value is -0.890. The van der Waals surface area contributed by atoms with Gasteiger partial charge in [0, 0.05) is 19.0 Å². The number of hydrogen-bond acceptors (Lipinski definition) is 1. The van der Waals surface area contributed by atoms with Crippen molar-refractivity contribution < 1.29 is 4.39 Å². The molecular weight excluding hydrogens is 201 g/mol. The molecule has 1 aliphatic heterocycles. The quantitative estimate of drug-likeness (QED) is 0.825. The van der Waals surface area contributed by atoms with Crippen LogP contribution in [0.1, 0.15) is 38.2 Å². The average Bonchev–Trinajstić information content (AvgIpc) is 2.73. The normalized spacial score (nSPS) is 23.6. The van der Waals surface area contributed by atoms with Gasteiger partial charge in [-0.05, 0) is 36.0 Å². The van der Waals surface area contributed by atoms with Crippen LogP contribution in [-0.4, -0.2) is 13.1 Å². The smallest absolute Gasteiger partial charge is 0.123 e. The van der Waals surface area contributed by atoms with Gasteiger partial charge in [-0.3, -0.25) is 0 Å². The first-order valence-corrected chi connectivity index (χ1v) is 6.18. The molecule has 0 aliphatic carbocycles. The SMILES string of the molecule is CCC1(CC)CNCC1c1cccc(F)c1. The van der Waals surface area contributed by atoms with Gasteiger partial charge in [-0.25, -0.2) is 4.39 Å². The van der Waals surface area contributed by atoms with Crippen LogP contribution >= 0.6 is 0 Å². The minimum Gasteiger partial charge on any atom is -0.316 e. The molecule has 1 unspecified atom stereocenters. The lowest BCUT2D eigenvalue weighted by atomic mass is 9.71. The van der Waals surface area contributed by atoms with Gasteiger partial charge in [0.25, 0.3) is 0 Å². The van der Waals surface area contributed by atoms with Gasteiger partial charge in [0.05, 0.1) is 0 Å². The van der Waals surface area contributed by atoms with Gasteiger partial charge in [0.2, 0.25) is 0 Å². The van der Waals surface area contributed by atoms with Crippen LogP contribution in [-0.2, 0) is 0 Å². The summed E-state index contributed by atoms with van der Waals surface area (Å²) >= 11 is 0. The fraction of sp³-hybridized carbons (Fsp3) is 0.571. The Labute approximate surface area is 97.1 Å². The summed E-state index contributed by atoms with van der Waals surface area (Å²) in [7, 11) is 0. The Balaban J connectivity index is 2.32. The highest BCUT2D eigenvalue weighted by Crippen LogP contribution is 2.44. The Bertz CT molecular complexity index is 358. The first-order valence-electron chi connectivity index (χ1n) is 6.18. The molecule has 1 aromatic carbocycles. The zero-order valence-electron chi connectivity index (χ0n) is 10.1. The lowest BCUT2D eigenvalue weighted by molar-refractivity contribution is 0.260. The fourth-order valence-corrected chi connectivity index (χ4v) is 2.99. The molecule has 2 heteroatoms. The van der Waals surface area contributed by atoms with Gasteiger partial charge < -0.3 is 5.32 Å². The standard InChI is InChI=1S/C14H20FN/c1-3-14(4-2)10-16-9-13(14)11-6-5-7-12(15)8-11/h5-8,13,16H,3-4,9-10H2,1-2H3. The molecule has 1 aromatic rings. The molecule has 0 spiro atoms. The van der Waals surface area contributed by atoms with Gasteiger partial charge in [-0.2, -0.15) is 0 Å². The summed E-state index contributed by atoms with van der Waals surface area (Å²) in [4.78, 5) is 0. The van der Waals surface area contributed by atoms with Crippen molar-refractivity contribution in [1.82, 2.24) is 5.32 Å². The Morgan fingerprint density at radius 1 is 1.38 bits per heavy atom. The molecule has 0 aromatic heterocycles. The van der Waals surface area contributed by atoms with Gasteiger partial charge in [-0.1, -0.05) is 26.0 Å². The van der Waals surface area contributed by atoms with Crippen molar-refractivity contribution in [1.29, 1.82) is 0 Å². The van der Waals surface area contributed by atoms with E-state index in [1.165, 1.54) is 6.07 Å². The third-order valence-electron chi connectivity index (χ3n) is 4.22. The summed E-state index contributed by atoms with van der Waals surface area (Å²) in [6, 6.07) is 7.09. The first kappa shape index (κ1) is 11.6. The van der Waals surface area contributed by atoms with E-state index in [4.69, 9.17) is 0 Å². The van der Waals surface area contributed by atoms with Crippen molar-refractivity contribution in [2.75, 3.05) is 13.1 Å². The molecule has 2 rings (SSSR count). The zero-order valence-corrected chi connectivity index (χ0v) is 10.1. The summed E-state index contributed by atoms with van der Waals surface area (Å²) in [5, 5.41) is 3.46. The van der Waals surface area contributed by atoms with Crippen LogP contribution in [0.5, 0.6) is 0 Å². The molecule has 16 heavy (non-hydrogen) atoms. The average molecular weight is 221 g/mol. The van der Waals surface area contributed by atoms with E-state index in [0.717, 1.165) is 31.5 Å². The highest BCUT2D eigenvalue weighted by atomic mass is 19.1. The van der Waals surface area contributed by atoms with Crippen molar-refractivity contribution in [2.24, 2.45) is 5.41 Å². The molecule has 1 saturated heterocycles. The topological polar surface area (TPSA) is 12.0 Å². The Morgan fingerprint density at radius 2 is 2.12 bits per heavy atom. The van der Waals surface area contributed by atoms with Crippen LogP contribution in [0.25, 0.3) is 0 Å². The predicted molar refractivity (Wildman–Crippen MR) is 65.0 cm³/mol. The first-order chi connectivity index (χ1) is 7.72. The highest BCUT2D eigenvalue weighted by molar-refractivity contribution is 5.25. The monoisotopic (exact) mass is 221 g/mol. The van der Waals surface area contributed by atoms with Crippen molar-refractivity contribution in [3.05, 3.63) is 35.6 Å². The largest absolute Gasteiger partial charge is 0.316 e. The zero-order chi connectivity index (χ0) is 11.6. The van der Waals surface area contributed by atoms with Crippen molar-refractivity contribution in [2.45, 2.75) is 32.6 Å². The maximum atomic E-state index is 13.3. The number of halogens is 1.